The third-order valence-corrected chi connectivity index (χ3v) is 4.05. The first-order valence-corrected chi connectivity index (χ1v) is 7.49. The molecule has 4 nitrogen and oxygen atoms in total. The highest BCUT2D eigenvalue weighted by Gasteiger charge is 2.20. The van der Waals surface area contributed by atoms with E-state index in [1.165, 1.54) is 4.88 Å². The van der Waals surface area contributed by atoms with Crippen molar-refractivity contribution in [3.63, 3.8) is 0 Å². The highest BCUT2D eigenvalue weighted by Crippen LogP contribution is 2.26. The SMILES string of the molecule is CC(C)C(NC(=O)c1ccnc(CN)c1)c1cccs1. The van der Waals surface area contributed by atoms with Crippen molar-refractivity contribution < 1.29 is 4.79 Å². The average molecular weight is 289 g/mol. The Hall–Kier alpha value is -1.72. The summed E-state index contributed by atoms with van der Waals surface area (Å²) in [6, 6.07) is 7.52. The topological polar surface area (TPSA) is 68.0 Å². The van der Waals surface area contributed by atoms with Gasteiger partial charge in [0.2, 0.25) is 0 Å². The van der Waals surface area contributed by atoms with Gasteiger partial charge in [0.25, 0.3) is 5.91 Å². The lowest BCUT2D eigenvalue weighted by molar-refractivity contribution is 0.0926. The molecule has 0 spiro atoms. The van der Waals surface area contributed by atoms with Crippen LogP contribution < -0.4 is 11.1 Å². The van der Waals surface area contributed by atoms with Crippen LogP contribution in [0.3, 0.4) is 0 Å². The van der Waals surface area contributed by atoms with E-state index in [9.17, 15) is 4.79 Å². The maximum Gasteiger partial charge on any atom is 0.251 e. The van der Waals surface area contributed by atoms with E-state index in [-0.39, 0.29) is 11.9 Å². The Morgan fingerprint density at radius 1 is 1.45 bits per heavy atom. The van der Waals surface area contributed by atoms with Gasteiger partial charge in [-0.05, 0) is 29.5 Å². The summed E-state index contributed by atoms with van der Waals surface area (Å²) in [4.78, 5) is 17.6. The van der Waals surface area contributed by atoms with E-state index in [0.29, 0.717) is 18.0 Å². The van der Waals surface area contributed by atoms with Gasteiger partial charge in [-0.15, -0.1) is 11.3 Å². The number of amides is 1. The molecule has 0 saturated carbocycles. The fourth-order valence-electron chi connectivity index (χ4n) is 1.99. The van der Waals surface area contributed by atoms with E-state index in [1.54, 1.807) is 29.7 Å². The number of nitrogens with zero attached hydrogens (tertiary/aromatic N) is 1. The maximum atomic E-state index is 12.3. The lowest BCUT2D eigenvalue weighted by Gasteiger charge is -2.21. The van der Waals surface area contributed by atoms with Gasteiger partial charge in [-0.2, -0.15) is 0 Å². The van der Waals surface area contributed by atoms with Crippen molar-refractivity contribution in [2.45, 2.75) is 26.4 Å². The summed E-state index contributed by atoms with van der Waals surface area (Å²) in [7, 11) is 0. The Labute approximate surface area is 123 Å². The quantitative estimate of drug-likeness (QED) is 0.889. The summed E-state index contributed by atoms with van der Waals surface area (Å²) < 4.78 is 0. The number of aromatic nitrogens is 1. The van der Waals surface area contributed by atoms with Crippen molar-refractivity contribution in [2.24, 2.45) is 11.7 Å². The maximum absolute atomic E-state index is 12.3. The van der Waals surface area contributed by atoms with Crippen LogP contribution in [0.4, 0.5) is 0 Å². The largest absolute Gasteiger partial charge is 0.344 e. The molecule has 1 amide bonds. The molecule has 0 bridgehead atoms. The predicted molar refractivity (Wildman–Crippen MR) is 81.5 cm³/mol. The molecule has 20 heavy (non-hydrogen) atoms. The molecule has 5 heteroatoms. The molecule has 0 radical (unpaired) electrons. The lowest BCUT2D eigenvalue weighted by atomic mass is 10.0. The molecule has 0 saturated heterocycles. The third kappa shape index (κ3) is 3.43. The van der Waals surface area contributed by atoms with Crippen molar-refractivity contribution in [2.75, 3.05) is 0 Å². The second-order valence-electron chi connectivity index (χ2n) is 4.95. The molecule has 106 valence electrons. The number of thiophene rings is 1. The first-order chi connectivity index (χ1) is 9.61. The number of carbonyl (C=O) groups is 1. The van der Waals surface area contributed by atoms with E-state index in [1.807, 2.05) is 17.5 Å². The van der Waals surface area contributed by atoms with Gasteiger partial charge in [-0.3, -0.25) is 9.78 Å². The predicted octanol–water partition coefficient (Wildman–Crippen LogP) is 2.73. The summed E-state index contributed by atoms with van der Waals surface area (Å²) in [6.07, 6.45) is 1.62. The van der Waals surface area contributed by atoms with Crippen LogP contribution in [-0.2, 0) is 6.54 Å². The molecule has 2 rings (SSSR count). The lowest BCUT2D eigenvalue weighted by Crippen LogP contribution is -2.31. The molecule has 2 heterocycles. The van der Waals surface area contributed by atoms with Gasteiger partial charge in [0.1, 0.15) is 0 Å². The normalized spacial score (nSPS) is 12.4. The summed E-state index contributed by atoms with van der Waals surface area (Å²) >= 11 is 1.66. The fraction of sp³-hybridized carbons (Fsp3) is 0.333. The third-order valence-electron chi connectivity index (χ3n) is 3.09. The van der Waals surface area contributed by atoms with Crippen LogP contribution in [0.5, 0.6) is 0 Å². The van der Waals surface area contributed by atoms with E-state index in [2.05, 4.69) is 24.1 Å². The molecule has 1 unspecified atom stereocenters. The standard InChI is InChI=1S/C15H19N3OS/c1-10(2)14(13-4-3-7-20-13)18-15(19)11-5-6-17-12(8-11)9-16/h3-8,10,14H,9,16H2,1-2H3,(H,18,19). The zero-order valence-electron chi connectivity index (χ0n) is 11.7. The number of hydrogen-bond acceptors (Lipinski definition) is 4. The van der Waals surface area contributed by atoms with Crippen LogP contribution in [0.2, 0.25) is 0 Å². The second kappa shape index (κ2) is 6.63. The number of pyridine rings is 1. The minimum atomic E-state index is -0.0887. The van der Waals surface area contributed by atoms with E-state index >= 15 is 0 Å². The number of rotatable bonds is 5. The molecule has 0 fully saturated rings. The zero-order valence-corrected chi connectivity index (χ0v) is 12.5. The van der Waals surface area contributed by atoms with Crippen LogP contribution in [0.15, 0.2) is 35.8 Å². The van der Waals surface area contributed by atoms with Gasteiger partial charge < -0.3 is 11.1 Å². The highest BCUT2D eigenvalue weighted by molar-refractivity contribution is 7.10. The summed E-state index contributed by atoms with van der Waals surface area (Å²) in [5.41, 5.74) is 6.87. The van der Waals surface area contributed by atoms with Crippen molar-refractivity contribution in [1.29, 1.82) is 0 Å². The van der Waals surface area contributed by atoms with Crippen LogP contribution in [0, 0.1) is 5.92 Å². The van der Waals surface area contributed by atoms with Crippen molar-refractivity contribution in [1.82, 2.24) is 10.3 Å². The Morgan fingerprint density at radius 3 is 2.85 bits per heavy atom. The first-order valence-electron chi connectivity index (χ1n) is 6.61. The molecule has 1 atom stereocenters. The van der Waals surface area contributed by atoms with Gasteiger partial charge in [0, 0.05) is 23.2 Å². The van der Waals surface area contributed by atoms with Gasteiger partial charge in [0.05, 0.1) is 11.7 Å². The van der Waals surface area contributed by atoms with E-state index in [4.69, 9.17) is 5.73 Å². The fourth-order valence-corrected chi connectivity index (χ4v) is 2.94. The summed E-state index contributed by atoms with van der Waals surface area (Å²) in [5, 5.41) is 5.11. The Bertz CT molecular complexity index is 566. The number of nitrogens with one attached hydrogen (secondary N) is 1. The molecule has 0 aliphatic rings. The molecule has 0 aromatic carbocycles. The smallest absolute Gasteiger partial charge is 0.251 e. The molecular formula is C15H19N3OS. The minimum absolute atomic E-state index is 0.0250. The molecule has 3 N–H and O–H groups in total. The minimum Gasteiger partial charge on any atom is -0.344 e. The van der Waals surface area contributed by atoms with Gasteiger partial charge in [0.15, 0.2) is 0 Å². The van der Waals surface area contributed by atoms with Crippen LogP contribution >= 0.6 is 11.3 Å². The van der Waals surface area contributed by atoms with Crippen LogP contribution in [0.25, 0.3) is 0 Å². The van der Waals surface area contributed by atoms with Gasteiger partial charge in [-0.25, -0.2) is 0 Å². The zero-order chi connectivity index (χ0) is 14.5. The Morgan fingerprint density at radius 2 is 2.25 bits per heavy atom. The Balaban J connectivity index is 2.16. The van der Waals surface area contributed by atoms with Crippen LogP contribution in [0.1, 0.15) is 40.8 Å². The number of carbonyl (C=O) groups excluding carboxylic acids is 1. The molecule has 0 aliphatic heterocycles. The monoisotopic (exact) mass is 289 g/mol. The van der Waals surface area contributed by atoms with E-state index < -0.39 is 0 Å². The summed E-state index contributed by atoms with van der Waals surface area (Å²) in [6.45, 7) is 4.53. The summed E-state index contributed by atoms with van der Waals surface area (Å²) in [5.74, 6) is 0.239. The highest BCUT2D eigenvalue weighted by atomic mass is 32.1. The average Bonchev–Trinajstić information content (AvgIpc) is 2.98. The number of hydrogen-bond donors (Lipinski definition) is 2. The number of nitrogens with two attached hydrogens (primary N) is 1. The second-order valence-corrected chi connectivity index (χ2v) is 5.93. The van der Waals surface area contributed by atoms with Crippen LogP contribution in [-0.4, -0.2) is 10.9 Å². The molecule has 0 aliphatic carbocycles. The van der Waals surface area contributed by atoms with Gasteiger partial charge in [-0.1, -0.05) is 19.9 Å². The van der Waals surface area contributed by atoms with Crippen molar-refractivity contribution in [3.05, 3.63) is 52.0 Å². The molecular weight excluding hydrogens is 270 g/mol. The Kier molecular flexibility index (Phi) is 4.87. The molecule has 2 aromatic heterocycles. The van der Waals surface area contributed by atoms with Crippen molar-refractivity contribution in [3.8, 4) is 0 Å². The van der Waals surface area contributed by atoms with Crippen molar-refractivity contribution >= 4 is 17.2 Å². The molecule has 2 aromatic rings. The first kappa shape index (κ1) is 14.7. The van der Waals surface area contributed by atoms with E-state index in [0.717, 1.165) is 5.69 Å². The van der Waals surface area contributed by atoms with Gasteiger partial charge >= 0.3 is 0 Å².